The first-order chi connectivity index (χ1) is 10.5. The summed E-state index contributed by atoms with van der Waals surface area (Å²) in [4.78, 5) is 16.1. The van der Waals surface area contributed by atoms with Gasteiger partial charge in [-0.05, 0) is 38.0 Å². The Morgan fingerprint density at radius 2 is 2.23 bits per heavy atom. The molecule has 1 aromatic carbocycles. The number of benzene rings is 1. The summed E-state index contributed by atoms with van der Waals surface area (Å²) in [5.41, 5.74) is 3.49. The second-order valence-corrected chi connectivity index (χ2v) is 6.18. The van der Waals surface area contributed by atoms with Gasteiger partial charge in [0.05, 0.1) is 18.0 Å². The third-order valence-electron chi connectivity index (χ3n) is 3.46. The van der Waals surface area contributed by atoms with E-state index in [2.05, 4.69) is 30.2 Å². The molecule has 0 saturated carbocycles. The molecule has 1 atom stereocenters. The molecule has 5 nitrogen and oxygen atoms in total. The predicted octanol–water partition coefficient (Wildman–Crippen LogP) is 2.08. The Bertz CT molecular complexity index is 655. The molecular formula is C16H21N3O2S. The molecule has 1 amide bonds. The Labute approximate surface area is 134 Å². The maximum atomic E-state index is 11.8. The fraction of sp³-hybridized carbons (Fsp3) is 0.375. The van der Waals surface area contributed by atoms with Gasteiger partial charge in [0.25, 0.3) is 0 Å². The summed E-state index contributed by atoms with van der Waals surface area (Å²) in [7, 11) is 0. The molecule has 0 radical (unpaired) electrons. The number of aromatic nitrogens is 2. The number of carbonyl (C=O) groups is 1. The van der Waals surface area contributed by atoms with Gasteiger partial charge in [-0.3, -0.25) is 9.36 Å². The SMILES string of the molecule is Cc1cccc(-n2ccnc2SCC(=O)NC(C)CO)c1C. The number of aryl methyl sites for hydroxylation is 1. The first kappa shape index (κ1) is 16.6. The third-order valence-corrected chi connectivity index (χ3v) is 4.42. The van der Waals surface area contributed by atoms with Crippen LogP contribution in [0.4, 0.5) is 0 Å². The molecule has 2 N–H and O–H groups in total. The van der Waals surface area contributed by atoms with Gasteiger partial charge in [0.2, 0.25) is 5.91 Å². The van der Waals surface area contributed by atoms with Gasteiger partial charge < -0.3 is 10.4 Å². The molecule has 0 saturated heterocycles. The largest absolute Gasteiger partial charge is 0.394 e. The minimum Gasteiger partial charge on any atom is -0.394 e. The van der Waals surface area contributed by atoms with E-state index >= 15 is 0 Å². The summed E-state index contributed by atoms with van der Waals surface area (Å²) in [6.45, 7) is 5.86. The van der Waals surface area contributed by atoms with Gasteiger partial charge in [0.15, 0.2) is 5.16 Å². The lowest BCUT2D eigenvalue weighted by molar-refractivity contribution is -0.119. The zero-order valence-electron chi connectivity index (χ0n) is 13.0. The summed E-state index contributed by atoms with van der Waals surface area (Å²) in [6, 6.07) is 5.91. The smallest absolute Gasteiger partial charge is 0.230 e. The van der Waals surface area contributed by atoms with Gasteiger partial charge in [-0.25, -0.2) is 4.98 Å². The highest BCUT2D eigenvalue weighted by atomic mass is 32.2. The lowest BCUT2D eigenvalue weighted by Crippen LogP contribution is -2.36. The summed E-state index contributed by atoms with van der Waals surface area (Å²) >= 11 is 1.38. The first-order valence-electron chi connectivity index (χ1n) is 7.16. The van der Waals surface area contributed by atoms with Crippen molar-refractivity contribution in [2.45, 2.75) is 32.0 Å². The second kappa shape index (κ2) is 7.47. The van der Waals surface area contributed by atoms with Gasteiger partial charge in [-0.15, -0.1) is 0 Å². The fourth-order valence-electron chi connectivity index (χ4n) is 2.07. The van der Waals surface area contributed by atoms with Crippen LogP contribution >= 0.6 is 11.8 Å². The zero-order valence-corrected chi connectivity index (χ0v) is 13.9. The summed E-state index contributed by atoms with van der Waals surface area (Å²) in [5, 5.41) is 12.5. The number of imidazole rings is 1. The van der Waals surface area contributed by atoms with Crippen molar-refractivity contribution in [1.82, 2.24) is 14.9 Å². The minimum absolute atomic E-state index is 0.0620. The molecule has 2 aromatic rings. The molecule has 22 heavy (non-hydrogen) atoms. The third kappa shape index (κ3) is 3.90. The van der Waals surface area contributed by atoms with Crippen LogP contribution in [0.5, 0.6) is 0 Å². The lowest BCUT2D eigenvalue weighted by atomic mass is 10.1. The normalized spacial score (nSPS) is 12.2. The zero-order chi connectivity index (χ0) is 16.1. The van der Waals surface area contributed by atoms with Gasteiger partial charge in [-0.1, -0.05) is 23.9 Å². The Kier molecular flexibility index (Phi) is 5.63. The van der Waals surface area contributed by atoms with E-state index in [9.17, 15) is 4.79 Å². The highest BCUT2D eigenvalue weighted by Crippen LogP contribution is 2.24. The van der Waals surface area contributed by atoms with E-state index in [0.29, 0.717) is 0 Å². The van der Waals surface area contributed by atoms with Crippen LogP contribution in [0.2, 0.25) is 0 Å². The van der Waals surface area contributed by atoms with Crippen LogP contribution in [-0.2, 0) is 4.79 Å². The Hall–Kier alpha value is -1.79. The van der Waals surface area contributed by atoms with Gasteiger partial charge in [0.1, 0.15) is 0 Å². The molecule has 1 aromatic heterocycles. The number of carbonyl (C=O) groups excluding carboxylic acids is 1. The fourth-order valence-corrected chi connectivity index (χ4v) is 2.85. The minimum atomic E-state index is -0.230. The molecular weight excluding hydrogens is 298 g/mol. The van der Waals surface area contributed by atoms with E-state index in [1.165, 1.54) is 22.9 Å². The number of aliphatic hydroxyl groups is 1. The molecule has 0 aliphatic carbocycles. The maximum absolute atomic E-state index is 11.8. The number of nitrogens with one attached hydrogen (secondary N) is 1. The van der Waals surface area contributed by atoms with Crippen molar-refractivity contribution in [3.05, 3.63) is 41.7 Å². The van der Waals surface area contributed by atoms with Crippen LogP contribution in [0.1, 0.15) is 18.1 Å². The number of rotatable bonds is 6. The highest BCUT2D eigenvalue weighted by molar-refractivity contribution is 7.99. The van der Waals surface area contributed by atoms with Crippen molar-refractivity contribution in [3.8, 4) is 5.69 Å². The summed E-state index contributed by atoms with van der Waals surface area (Å²) in [5.74, 6) is 0.161. The number of hydrogen-bond donors (Lipinski definition) is 2. The Morgan fingerprint density at radius 3 is 2.95 bits per heavy atom. The predicted molar refractivity (Wildman–Crippen MR) is 88.5 cm³/mol. The lowest BCUT2D eigenvalue weighted by Gasteiger charge is -2.13. The van der Waals surface area contributed by atoms with E-state index < -0.39 is 0 Å². The molecule has 1 unspecified atom stereocenters. The second-order valence-electron chi connectivity index (χ2n) is 5.24. The van der Waals surface area contributed by atoms with Crippen molar-refractivity contribution < 1.29 is 9.90 Å². The van der Waals surface area contributed by atoms with Crippen molar-refractivity contribution >= 4 is 17.7 Å². The molecule has 0 spiro atoms. The molecule has 0 bridgehead atoms. The van der Waals surface area contributed by atoms with E-state index in [1.54, 1.807) is 13.1 Å². The van der Waals surface area contributed by atoms with E-state index in [4.69, 9.17) is 5.11 Å². The Balaban J connectivity index is 2.10. The van der Waals surface area contributed by atoms with Crippen LogP contribution in [0, 0.1) is 13.8 Å². The summed E-state index contributed by atoms with van der Waals surface area (Å²) in [6.07, 6.45) is 3.64. The maximum Gasteiger partial charge on any atom is 0.230 e. The average Bonchev–Trinajstić information content (AvgIpc) is 2.96. The van der Waals surface area contributed by atoms with Crippen LogP contribution in [0.25, 0.3) is 5.69 Å². The van der Waals surface area contributed by atoms with Crippen LogP contribution < -0.4 is 5.32 Å². The number of thioether (sulfide) groups is 1. The van der Waals surface area contributed by atoms with Crippen molar-refractivity contribution in [1.29, 1.82) is 0 Å². The van der Waals surface area contributed by atoms with Gasteiger partial charge in [0, 0.05) is 18.4 Å². The topological polar surface area (TPSA) is 67.2 Å². The highest BCUT2D eigenvalue weighted by Gasteiger charge is 2.12. The Morgan fingerprint density at radius 1 is 1.45 bits per heavy atom. The van der Waals surface area contributed by atoms with Crippen molar-refractivity contribution in [2.75, 3.05) is 12.4 Å². The molecule has 118 valence electrons. The molecule has 1 heterocycles. The summed E-state index contributed by atoms with van der Waals surface area (Å²) < 4.78 is 2.00. The average molecular weight is 319 g/mol. The van der Waals surface area contributed by atoms with Crippen LogP contribution in [-0.4, -0.2) is 39.0 Å². The molecule has 2 rings (SSSR count). The van der Waals surface area contributed by atoms with Crippen molar-refractivity contribution in [3.63, 3.8) is 0 Å². The standard InChI is InChI=1S/C16H21N3O2S/c1-11-5-4-6-14(13(11)3)19-8-7-17-16(19)22-10-15(21)18-12(2)9-20/h4-8,12,20H,9-10H2,1-3H3,(H,18,21). The van der Waals surface area contributed by atoms with E-state index in [-0.39, 0.29) is 24.3 Å². The number of hydrogen-bond acceptors (Lipinski definition) is 4. The number of amides is 1. The number of aliphatic hydroxyl groups excluding tert-OH is 1. The van der Waals surface area contributed by atoms with E-state index in [0.717, 1.165) is 10.8 Å². The van der Waals surface area contributed by atoms with Gasteiger partial charge >= 0.3 is 0 Å². The van der Waals surface area contributed by atoms with Gasteiger partial charge in [-0.2, -0.15) is 0 Å². The monoisotopic (exact) mass is 319 g/mol. The number of nitrogens with zero attached hydrogens (tertiary/aromatic N) is 2. The quantitative estimate of drug-likeness (QED) is 0.800. The molecule has 0 aliphatic heterocycles. The van der Waals surface area contributed by atoms with Crippen molar-refractivity contribution in [2.24, 2.45) is 0 Å². The molecule has 0 aliphatic rings. The molecule has 0 fully saturated rings. The van der Waals surface area contributed by atoms with Crippen LogP contribution in [0.15, 0.2) is 35.7 Å². The first-order valence-corrected chi connectivity index (χ1v) is 8.14. The van der Waals surface area contributed by atoms with E-state index in [1.807, 2.05) is 22.9 Å². The van der Waals surface area contributed by atoms with Crippen LogP contribution in [0.3, 0.4) is 0 Å². The molecule has 6 heteroatoms.